The van der Waals surface area contributed by atoms with Gasteiger partial charge >= 0.3 is 0 Å². The Labute approximate surface area is 125 Å². The number of benzene rings is 1. The summed E-state index contributed by atoms with van der Waals surface area (Å²) in [6, 6.07) is 9.34. The summed E-state index contributed by atoms with van der Waals surface area (Å²) in [4.78, 5) is 2.46. The fourth-order valence-electron chi connectivity index (χ4n) is 2.35. The van der Waals surface area contributed by atoms with Crippen LogP contribution in [0.5, 0.6) is 0 Å². The van der Waals surface area contributed by atoms with Gasteiger partial charge in [-0.1, -0.05) is 52.0 Å². The highest BCUT2D eigenvalue weighted by Gasteiger charge is 2.24. The van der Waals surface area contributed by atoms with Crippen LogP contribution in [0.2, 0.25) is 0 Å². The first-order chi connectivity index (χ1) is 9.36. The second-order valence-corrected chi connectivity index (χ2v) is 6.90. The van der Waals surface area contributed by atoms with E-state index in [4.69, 9.17) is 0 Å². The lowest BCUT2D eigenvalue weighted by Gasteiger charge is -2.35. The predicted molar refractivity (Wildman–Crippen MR) is 88.8 cm³/mol. The molecule has 0 aliphatic rings. The van der Waals surface area contributed by atoms with Crippen LogP contribution in [-0.2, 0) is 13.1 Å². The Bertz CT molecular complexity index is 393. The number of rotatable bonds is 7. The average molecular weight is 276 g/mol. The molecule has 1 aromatic rings. The Morgan fingerprint density at radius 2 is 1.75 bits per heavy atom. The minimum absolute atomic E-state index is 0.310. The van der Waals surface area contributed by atoms with Crippen LogP contribution in [0.1, 0.15) is 52.2 Å². The molecule has 0 fully saturated rings. The molecule has 1 unspecified atom stereocenters. The highest BCUT2D eigenvalue weighted by atomic mass is 15.1. The quantitative estimate of drug-likeness (QED) is 0.756. The van der Waals surface area contributed by atoms with Crippen molar-refractivity contribution in [2.24, 2.45) is 5.41 Å². The molecule has 1 aromatic carbocycles. The van der Waals surface area contributed by atoms with Gasteiger partial charge in [0.15, 0.2) is 0 Å². The molecule has 1 atom stereocenters. The summed E-state index contributed by atoms with van der Waals surface area (Å²) in [5, 5.41) is 3.51. The van der Waals surface area contributed by atoms with Gasteiger partial charge in [0.1, 0.15) is 0 Å². The summed E-state index contributed by atoms with van der Waals surface area (Å²) in [5.41, 5.74) is 3.17. The topological polar surface area (TPSA) is 15.3 Å². The molecule has 0 amide bonds. The Kier molecular flexibility index (Phi) is 6.70. The van der Waals surface area contributed by atoms with Crippen molar-refractivity contribution in [2.45, 2.75) is 60.2 Å². The molecule has 114 valence electrons. The fourth-order valence-corrected chi connectivity index (χ4v) is 2.35. The maximum absolute atomic E-state index is 3.51. The van der Waals surface area contributed by atoms with E-state index in [1.165, 1.54) is 17.5 Å². The van der Waals surface area contributed by atoms with Crippen LogP contribution < -0.4 is 5.32 Å². The zero-order chi connectivity index (χ0) is 15.2. The minimum atomic E-state index is 0.310. The third kappa shape index (κ3) is 5.26. The van der Waals surface area contributed by atoms with Crippen LogP contribution in [0, 0.1) is 5.41 Å². The molecule has 0 aromatic heterocycles. The lowest BCUT2D eigenvalue weighted by Crippen LogP contribution is -2.39. The van der Waals surface area contributed by atoms with E-state index < -0.39 is 0 Å². The maximum atomic E-state index is 3.51. The Morgan fingerprint density at radius 1 is 1.15 bits per heavy atom. The van der Waals surface area contributed by atoms with Crippen molar-refractivity contribution >= 4 is 0 Å². The zero-order valence-electron chi connectivity index (χ0n) is 14.2. The van der Waals surface area contributed by atoms with Crippen LogP contribution in [0.25, 0.3) is 0 Å². The van der Waals surface area contributed by atoms with E-state index in [1.54, 1.807) is 0 Å². The highest BCUT2D eigenvalue weighted by Crippen LogP contribution is 2.24. The second-order valence-electron chi connectivity index (χ2n) is 6.90. The molecule has 0 radical (unpaired) electrons. The van der Waals surface area contributed by atoms with Crippen molar-refractivity contribution in [3.63, 3.8) is 0 Å². The van der Waals surface area contributed by atoms with Crippen molar-refractivity contribution in [3.8, 4) is 0 Å². The molecular formula is C18H32N2. The molecule has 0 spiro atoms. The molecule has 0 heterocycles. The summed E-state index contributed by atoms with van der Waals surface area (Å²) in [6.45, 7) is 14.5. The first-order valence-electron chi connectivity index (χ1n) is 7.84. The monoisotopic (exact) mass is 276 g/mol. The lowest BCUT2D eigenvalue weighted by atomic mass is 9.87. The molecule has 2 nitrogen and oxygen atoms in total. The molecule has 0 aliphatic heterocycles. The van der Waals surface area contributed by atoms with Gasteiger partial charge in [0.25, 0.3) is 0 Å². The molecule has 0 saturated carbocycles. The van der Waals surface area contributed by atoms with Gasteiger partial charge in [-0.2, -0.15) is 0 Å². The average Bonchev–Trinajstić information content (AvgIpc) is 2.39. The van der Waals surface area contributed by atoms with Crippen LogP contribution >= 0.6 is 0 Å². The summed E-state index contributed by atoms with van der Waals surface area (Å²) in [6.07, 6.45) is 1.18. The largest absolute Gasteiger partial charge is 0.313 e. The van der Waals surface area contributed by atoms with Gasteiger partial charge in [0.05, 0.1) is 0 Å². The Hall–Kier alpha value is -0.860. The van der Waals surface area contributed by atoms with E-state index in [0.29, 0.717) is 11.5 Å². The van der Waals surface area contributed by atoms with Gasteiger partial charge in [-0.25, -0.2) is 0 Å². The minimum Gasteiger partial charge on any atom is -0.313 e. The third-order valence-electron chi connectivity index (χ3n) is 4.19. The van der Waals surface area contributed by atoms with Crippen LogP contribution in [-0.4, -0.2) is 24.5 Å². The first kappa shape index (κ1) is 17.2. The zero-order valence-corrected chi connectivity index (χ0v) is 14.2. The van der Waals surface area contributed by atoms with E-state index in [9.17, 15) is 0 Å². The molecule has 0 bridgehead atoms. The van der Waals surface area contributed by atoms with Crippen LogP contribution in [0.3, 0.4) is 0 Å². The number of hydrogen-bond donors (Lipinski definition) is 1. The first-order valence-corrected chi connectivity index (χ1v) is 7.84. The fraction of sp³-hybridized carbons (Fsp3) is 0.667. The smallest absolute Gasteiger partial charge is 0.0236 e. The van der Waals surface area contributed by atoms with Crippen molar-refractivity contribution in [1.82, 2.24) is 10.2 Å². The van der Waals surface area contributed by atoms with Gasteiger partial charge in [0.2, 0.25) is 0 Å². The van der Waals surface area contributed by atoms with Crippen molar-refractivity contribution < 1.29 is 0 Å². The van der Waals surface area contributed by atoms with E-state index in [1.807, 2.05) is 0 Å². The van der Waals surface area contributed by atoms with Gasteiger partial charge in [-0.05, 0) is 43.5 Å². The predicted octanol–water partition coefficient (Wildman–Crippen LogP) is 4.05. The third-order valence-corrected chi connectivity index (χ3v) is 4.19. The number of hydrogen-bond acceptors (Lipinski definition) is 2. The molecule has 1 rings (SSSR count). The number of nitrogens with one attached hydrogen (secondary N) is 1. The molecule has 1 N–H and O–H groups in total. The number of nitrogens with zero attached hydrogens (tertiary/aromatic N) is 1. The highest BCUT2D eigenvalue weighted by molar-refractivity contribution is 5.27. The van der Waals surface area contributed by atoms with E-state index >= 15 is 0 Å². The van der Waals surface area contributed by atoms with Gasteiger partial charge in [0, 0.05) is 19.1 Å². The van der Waals surface area contributed by atoms with Gasteiger partial charge in [-0.3, -0.25) is 4.90 Å². The van der Waals surface area contributed by atoms with Crippen molar-refractivity contribution in [2.75, 3.05) is 13.6 Å². The van der Waals surface area contributed by atoms with Crippen molar-refractivity contribution in [1.29, 1.82) is 0 Å². The summed E-state index contributed by atoms with van der Waals surface area (Å²) in [5.74, 6) is 0. The van der Waals surface area contributed by atoms with E-state index in [0.717, 1.165) is 19.6 Å². The maximum Gasteiger partial charge on any atom is 0.0236 e. The SMILES string of the molecule is CCCNCc1ccccc1CN(C)C(C)C(C)(C)C. The van der Waals surface area contributed by atoms with Crippen LogP contribution in [0.15, 0.2) is 24.3 Å². The lowest BCUT2D eigenvalue weighted by molar-refractivity contribution is 0.134. The van der Waals surface area contributed by atoms with Gasteiger partial charge < -0.3 is 5.32 Å². The molecule has 0 aliphatic carbocycles. The second kappa shape index (κ2) is 7.80. The Balaban J connectivity index is 2.71. The Morgan fingerprint density at radius 3 is 2.30 bits per heavy atom. The summed E-state index contributed by atoms with van der Waals surface area (Å²) >= 11 is 0. The normalized spacial score (nSPS) is 13.8. The molecule has 2 heteroatoms. The summed E-state index contributed by atoms with van der Waals surface area (Å²) < 4.78 is 0. The molecule has 20 heavy (non-hydrogen) atoms. The standard InChI is InChI=1S/C18H32N2/c1-7-12-19-13-16-10-8-9-11-17(16)14-20(6)15(2)18(3,4)5/h8-11,15,19H,7,12-14H2,1-6H3. The summed E-state index contributed by atoms with van der Waals surface area (Å²) in [7, 11) is 2.23. The van der Waals surface area contributed by atoms with Gasteiger partial charge in [-0.15, -0.1) is 0 Å². The molecular weight excluding hydrogens is 244 g/mol. The van der Waals surface area contributed by atoms with E-state index in [-0.39, 0.29) is 0 Å². The van der Waals surface area contributed by atoms with E-state index in [2.05, 4.69) is 76.1 Å². The van der Waals surface area contributed by atoms with Crippen molar-refractivity contribution in [3.05, 3.63) is 35.4 Å². The van der Waals surface area contributed by atoms with Crippen LogP contribution in [0.4, 0.5) is 0 Å². The molecule has 0 saturated heterocycles.